The molecule has 0 bridgehead atoms. The van der Waals surface area contributed by atoms with Gasteiger partial charge in [0.2, 0.25) is 0 Å². The summed E-state index contributed by atoms with van der Waals surface area (Å²) >= 11 is 0. The Labute approximate surface area is 197 Å². The Morgan fingerprint density at radius 1 is 1.29 bits per heavy atom. The lowest BCUT2D eigenvalue weighted by Gasteiger charge is -2.22. The first-order chi connectivity index (χ1) is 16.5. The number of nitro groups is 1. The van der Waals surface area contributed by atoms with Gasteiger partial charge in [-0.3, -0.25) is 19.8 Å². The fraction of sp³-hybridized carbons (Fsp3) is 0.375. The Balaban J connectivity index is 1.53. The van der Waals surface area contributed by atoms with Crippen molar-refractivity contribution in [1.29, 1.82) is 0 Å². The van der Waals surface area contributed by atoms with Crippen molar-refractivity contribution >= 4 is 28.4 Å². The summed E-state index contributed by atoms with van der Waals surface area (Å²) in [5.74, 6) is 0.372. The molecule has 2 aromatic carbocycles. The van der Waals surface area contributed by atoms with Gasteiger partial charge in [-0.2, -0.15) is 0 Å². The van der Waals surface area contributed by atoms with Crippen LogP contribution in [0.3, 0.4) is 0 Å². The zero-order valence-corrected chi connectivity index (χ0v) is 19.1. The number of benzene rings is 2. The molecule has 10 nitrogen and oxygen atoms in total. The number of carbonyl (C=O) groups is 1. The van der Waals surface area contributed by atoms with Gasteiger partial charge in [0.05, 0.1) is 17.5 Å². The first-order valence-corrected chi connectivity index (χ1v) is 11.2. The summed E-state index contributed by atoms with van der Waals surface area (Å²) < 4.78 is 10.7. The standard InChI is InChI=1S/C24H27N5O5/c1-16(17-7-4-3-5-8-17)27-23-18-13-21(29(31)32)22(14-19(18)25-15-26-23)34-12-11-28-10-6-9-20(28)24(30)33-2/h3-5,7-8,13-16,20H,6,9-12H2,1-2H3,(H,25,26,27)/t16-,20-/m1/s1. The van der Waals surface area contributed by atoms with E-state index in [4.69, 9.17) is 9.47 Å². The van der Waals surface area contributed by atoms with E-state index in [-0.39, 0.29) is 36.1 Å². The minimum absolute atomic E-state index is 0.0579. The highest BCUT2D eigenvalue weighted by Gasteiger charge is 2.31. The molecule has 0 amide bonds. The number of carbonyl (C=O) groups excluding carboxylic acids is 1. The fourth-order valence-electron chi connectivity index (χ4n) is 4.25. The lowest BCUT2D eigenvalue weighted by atomic mass is 10.1. The summed E-state index contributed by atoms with van der Waals surface area (Å²) in [7, 11) is 1.37. The average Bonchev–Trinajstić information content (AvgIpc) is 3.32. The van der Waals surface area contributed by atoms with Crippen molar-refractivity contribution in [3.05, 3.63) is 64.5 Å². The summed E-state index contributed by atoms with van der Waals surface area (Å²) in [4.78, 5) is 33.9. The molecule has 4 rings (SSSR count). The van der Waals surface area contributed by atoms with Crippen LogP contribution in [0.1, 0.15) is 31.4 Å². The molecule has 178 valence electrons. The molecule has 1 N–H and O–H groups in total. The number of esters is 1. The number of likely N-dealkylation sites (tertiary alicyclic amines) is 1. The number of anilines is 1. The minimum atomic E-state index is -0.473. The smallest absolute Gasteiger partial charge is 0.323 e. The van der Waals surface area contributed by atoms with Gasteiger partial charge < -0.3 is 14.8 Å². The maximum Gasteiger partial charge on any atom is 0.323 e. The molecule has 1 aliphatic heterocycles. The molecule has 1 aromatic heterocycles. The molecule has 2 heterocycles. The van der Waals surface area contributed by atoms with Crippen molar-refractivity contribution in [2.24, 2.45) is 0 Å². The van der Waals surface area contributed by atoms with Crippen molar-refractivity contribution in [1.82, 2.24) is 14.9 Å². The predicted molar refractivity (Wildman–Crippen MR) is 127 cm³/mol. The molecule has 34 heavy (non-hydrogen) atoms. The second-order valence-corrected chi connectivity index (χ2v) is 8.16. The number of fused-ring (bicyclic) bond motifs is 1. The molecule has 0 spiro atoms. The molecule has 1 aliphatic rings. The van der Waals surface area contributed by atoms with E-state index in [1.807, 2.05) is 42.2 Å². The first kappa shape index (κ1) is 23.4. The van der Waals surface area contributed by atoms with Crippen LogP contribution >= 0.6 is 0 Å². The van der Waals surface area contributed by atoms with Crippen LogP contribution in [0.4, 0.5) is 11.5 Å². The number of hydrogen-bond acceptors (Lipinski definition) is 9. The van der Waals surface area contributed by atoms with Crippen LogP contribution in [0.5, 0.6) is 5.75 Å². The second-order valence-electron chi connectivity index (χ2n) is 8.16. The molecule has 1 fully saturated rings. The van der Waals surface area contributed by atoms with Gasteiger partial charge in [0, 0.05) is 30.1 Å². The molecule has 10 heteroatoms. The van der Waals surface area contributed by atoms with Crippen molar-refractivity contribution < 1.29 is 19.2 Å². The Kier molecular flexibility index (Phi) is 7.17. The molecular formula is C24H27N5O5. The third-order valence-corrected chi connectivity index (χ3v) is 6.04. The van der Waals surface area contributed by atoms with Crippen LogP contribution in [-0.2, 0) is 9.53 Å². The summed E-state index contributed by atoms with van der Waals surface area (Å²) in [5, 5.41) is 15.7. The number of rotatable bonds is 9. The second kappa shape index (κ2) is 10.4. The highest BCUT2D eigenvalue weighted by Crippen LogP contribution is 2.34. The Morgan fingerprint density at radius 2 is 2.09 bits per heavy atom. The summed E-state index contributed by atoms with van der Waals surface area (Å²) in [6.45, 7) is 3.40. The normalized spacial score (nSPS) is 16.8. The van der Waals surface area contributed by atoms with Crippen molar-refractivity contribution in [2.75, 3.05) is 32.1 Å². The van der Waals surface area contributed by atoms with Crippen LogP contribution < -0.4 is 10.1 Å². The van der Waals surface area contributed by atoms with E-state index in [1.165, 1.54) is 19.5 Å². The van der Waals surface area contributed by atoms with Gasteiger partial charge in [-0.25, -0.2) is 9.97 Å². The Hall–Kier alpha value is -3.79. The molecule has 0 unspecified atom stereocenters. The first-order valence-electron chi connectivity index (χ1n) is 11.2. The van der Waals surface area contributed by atoms with Crippen molar-refractivity contribution in [3.8, 4) is 5.75 Å². The third-order valence-electron chi connectivity index (χ3n) is 6.04. The van der Waals surface area contributed by atoms with Gasteiger partial charge in [-0.1, -0.05) is 30.3 Å². The zero-order chi connectivity index (χ0) is 24.1. The summed E-state index contributed by atoms with van der Waals surface area (Å²) in [5.41, 5.74) is 1.44. The molecule has 3 aromatic rings. The van der Waals surface area contributed by atoms with Gasteiger partial charge in [0.15, 0.2) is 5.75 Å². The average molecular weight is 466 g/mol. The number of hydrogen-bond donors (Lipinski definition) is 1. The maximum absolute atomic E-state index is 11.9. The Morgan fingerprint density at radius 3 is 2.82 bits per heavy atom. The number of aromatic nitrogens is 2. The van der Waals surface area contributed by atoms with E-state index in [0.717, 1.165) is 24.9 Å². The SMILES string of the molecule is COC(=O)[C@H]1CCCN1CCOc1cc2ncnc(N[C@H](C)c3ccccc3)c2cc1[N+](=O)[O-]. The molecule has 0 aliphatic carbocycles. The van der Waals surface area contributed by atoms with Gasteiger partial charge in [0.25, 0.3) is 0 Å². The quantitative estimate of drug-likeness (QED) is 0.286. The van der Waals surface area contributed by atoms with Crippen LogP contribution in [-0.4, -0.2) is 58.6 Å². The topological polar surface area (TPSA) is 120 Å². The fourth-order valence-corrected chi connectivity index (χ4v) is 4.25. The number of nitrogens with one attached hydrogen (secondary N) is 1. The van der Waals surface area contributed by atoms with Crippen molar-refractivity contribution in [2.45, 2.75) is 31.8 Å². The van der Waals surface area contributed by atoms with Crippen LogP contribution in [0.15, 0.2) is 48.8 Å². The van der Waals surface area contributed by atoms with E-state index in [0.29, 0.717) is 23.3 Å². The van der Waals surface area contributed by atoms with E-state index in [9.17, 15) is 14.9 Å². The summed E-state index contributed by atoms with van der Waals surface area (Å²) in [6, 6.07) is 12.5. The van der Waals surface area contributed by atoms with Crippen LogP contribution in [0, 0.1) is 10.1 Å². The number of nitrogens with zero attached hydrogens (tertiary/aromatic N) is 4. The van der Waals surface area contributed by atoms with Crippen LogP contribution in [0.2, 0.25) is 0 Å². The van der Waals surface area contributed by atoms with E-state index >= 15 is 0 Å². The van der Waals surface area contributed by atoms with Gasteiger partial charge in [0.1, 0.15) is 24.8 Å². The predicted octanol–water partition coefficient (Wildman–Crippen LogP) is 3.73. The third kappa shape index (κ3) is 5.07. The van der Waals surface area contributed by atoms with E-state index in [2.05, 4.69) is 15.3 Å². The lowest BCUT2D eigenvalue weighted by Crippen LogP contribution is -2.39. The minimum Gasteiger partial charge on any atom is -0.485 e. The van der Waals surface area contributed by atoms with Gasteiger partial charge >= 0.3 is 11.7 Å². The number of ether oxygens (including phenoxy) is 2. The number of nitro benzene ring substituents is 1. The monoisotopic (exact) mass is 465 g/mol. The zero-order valence-electron chi connectivity index (χ0n) is 19.1. The molecular weight excluding hydrogens is 438 g/mol. The molecule has 2 atom stereocenters. The highest BCUT2D eigenvalue weighted by molar-refractivity contribution is 5.92. The van der Waals surface area contributed by atoms with Gasteiger partial charge in [-0.15, -0.1) is 0 Å². The van der Waals surface area contributed by atoms with E-state index in [1.54, 1.807) is 6.07 Å². The van der Waals surface area contributed by atoms with Crippen LogP contribution in [0.25, 0.3) is 10.9 Å². The maximum atomic E-state index is 11.9. The molecule has 0 radical (unpaired) electrons. The lowest BCUT2D eigenvalue weighted by molar-refractivity contribution is -0.385. The largest absolute Gasteiger partial charge is 0.485 e. The highest BCUT2D eigenvalue weighted by atomic mass is 16.6. The van der Waals surface area contributed by atoms with Crippen molar-refractivity contribution in [3.63, 3.8) is 0 Å². The number of methoxy groups -OCH3 is 1. The molecule has 1 saturated heterocycles. The Bertz CT molecular complexity index is 1170. The molecule has 0 saturated carbocycles. The van der Waals surface area contributed by atoms with E-state index < -0.39 is 4.92 Å². The summed E-state index contributed by atoms with van der Waals surface area (Å²) in [6.07, 6.45) is 3.05. The van der Waals surface area contributed by atoms with Gasteiger partial charge in [-0.05, 0) is 31.9 Å².